The van der Waals surface area contributed by atoms with Gasteiger partial charge >= 0.3 is 0 Å². The lowest BCUT2D eigenvalue weighted by atomic mass is 10.1. The lowest BCUT2D eigenvalue weighted by Gasteiger charge is -2.24. The first-order valence-corrected chi connectivity index (χ1v) is 5.35. The van der Waals surface area contributed by atoms with E-state index in [0.29, 0.717) is 11.2 Å². The maximum absolute atomic E-state index is 11.4. The summed E-state index contributed by atoms with van der Waals surface area (Å²) in [5.74, 6) is 0.0455. The smallest absolute Gasteiger partial charge is 0.242 e. The summed E-state index contributed by atoms with van der Waals surface area (Å²) in [7, 11) is 0. The molecule has 1 unspecified atom stereocenters. The fourth-order valence-corrected chi connectivity index (χ4v) is 1.75. The molecule has 1 aliphatic heterocycles. The highest BCUT2D eigenvalue weighted by molar-refractivity contribution is 7.80. The van der Waals surface area contributed by atoms with Gasteiger partial charge in [-0.1, -0.05) is 0 Å². The molecule has 0 aromatic rings. The molecule has 1 amide bonds. The first kappa shape index (κ1) is 11.2. The third-order valence-electron chi connectivity index (χ3n) is 2.01. The number of hydrogen-bond acceptors (Lipinski definition) is 2. The molecule has 1 aliphatic rings. The van der Waals surface area contributed by atoms with E-state index in [9.17, 15) is 4.79 Å². The van der Waals surface area contributed by atoms with Gasteiger partial charge in [-0.25, -0.2) is 0 Å². The molecule has 0 radical (unpaired) electrons. The largest absolute Gasteiger partial charge is 0.361 e. The first-order valence-electron chi connectivity index (χ1n) is 4.94. The number of amides is 1. The molecule has 0 aromatic carbocycles. The number of rotatable bonds is 2. The van der Waals surface area contributed by atoms with E-state index in [-0.39, 0.29) is 11.9 Å². The summed E-state index contributed by atoms with van der Waals surface area (Å²) in [5.41, 5.74) is 0. The first-order chi connectivity index (χ1) is 6.59. The van der Waals surface area contributed by atoms with Crippen LogP contribution < -0.4 is 16.0 Å². The van der Waals surface area contributed by atoms with Gasteiger partial charge in [0.1, 0.15) is 6.04 Å². The summed E-state index contributed by atoms with van der Waals surface area (Å²) in [6.45, 7) is 4.80. The van der Waals surface area contributed by atoms with Gasteiger partial charge in [0, 0.05) is 12.6 Å². The Morgan fingerprint density at radius 1 is 1.64 bits per heavy atom. The van der Waals surface area contributed by atoms with Crippen LogP contribution in [0.5, 0.6) is 0 Å². The normalized spacial score (nSPS) is 21.6. The third-order valence-corrected chi connectivity index (χ3v) is 2.25. The number of nitrogens with one attached hydrogen (secondary N) is 3. The van der Waals surface area contributed by atoms with Crippen LogP contribution in [-0.4, -0.2) is 29.6 Å². The second kappa shape index (κ2) is 5.14. The van der Waals surface area contributed by atoms with Gasteiger partial charge in [-0.15, -0.1) is 0 Å². The Morgan fingerprint density at radius 2 is 2.36 bits per heavy atom. The second-order valence-electron chi connectivity index (χ2n) is 3.76. The average molecular weight is 215 g/mol. The Morgan fingerprint density at radius 3 is 2.93 bits per heavy atom. The van der Waals surface area contributed by atoms with Crippen LogP contribution in [0, 0.1) is 0 Å². The average Bonchev–Trinajstić information content (AvgIpc) is 2.07. The van der Waals surface area contributed by atoms with Crippen molar-refractivity contribution in [2.75, 3.05) is 6.54 Å². The van der Waals surface area contributed by atoms with Crippen molar-refractivity contribution in [2.45, 2.75) is 38.8 Å². The zero-order valence-corrected chi connectivity index (χ0v) is 9.41. The molecule has 3 N–H and O–H groups in total. The molecule has 14 heavy (non-hydrogen) atoms. The predicted octanol–water partition coefficient (Wildman–Crippen LogP) is 0.138. The molecule has 1 atom stereocenters. The van der Waals surface area contributed by atoms with E-state index >= 15 is 0 Å². The molecule has 0 spiro atoms. The highest BCUT2D eigenvalue weighted by Crippen LogP contribution is 2.02. The molecular weight excluding hydrogens is 198 g/mol. The van der Waals surface area contributed by atoms with Gasteiger partial charge < -0.3 is 16.0 Å². The Bertz CT molecular complexity index is 230. The highest BCUT2D eigenvalue weighted by Gasteiger charge is 2.22. The van der Waals surface area contributed by atoms with Crippen LogP contribution in [0.25, 0.3) is 0 Å². The maximum Gasteiger partial charge on any atom is 0.242 e. The van der Waals surface area contributed by atoms with Crippen LogP contribution >= 0.6 is 12.2 Å². The van der Waals surface area contributed by atoms with Crippen LogP contribution in [0.15, 0.2) is 0 Å². The van der Waals surface area contributed by atoms with Crippen molar-refractivity contribution in [3.63, 3.8) is 0 Å². The molecule has 1 fully saturated rings. The standard InChI is InChI=1S/C9H17N3OS/c1-6(2)11-9(14)12-7-4-3-5-10-8(7)13/h6-7H,3-5H2,1-2H3,(H,10,13)(H2,11,12,14). The Balaban J connectivity index is 2.34. The molecule has 1 heterocycles. The van der Waals surface area contributed by atoms with Crippen LogP contribution in [0.3, 0.4) is 0 Å². The zero-order valence-electron chi connectivity index (χ0n) is 8.59. The number of carbonyl (C=O) groups is 1. The van der Waals surface area contributed by atoms with Crippen LogP contribution in [0.2, 0.25) is 0 Å². The number of piperidine rings is 1. The summed E-state index contributed by atoms with van der Waals surface area (Å²) >= 11 is 5.06. The molecule has 1 rings (SSSR count). The lowest BCUT2D eigenvalue weighted by Crippen LogP contribution is -2.53. The van der Waals surface area contributed by atoms with E-state index in [0.717, 1.165) is 19.4 Å². The molecule has 0 aromatic heterocycles. The van der Waals surface area contributed by atoms with Crippen molar-refractivity contribution in [3.8, 4) is 0 Å². The number of carbonyl (C=O) groups excluding carboxylic acids is 1. The fraction of sp³-hybridized carbons (Fsp3) is 0.778. The molecular formula is C9H17N3OS. The lowest BCUT2D eigenvalue weighted by molar-refractivity contribution is -0.124. The van der Waals surface area contributed by atoms with E-state index in [2.05, 4.69) is 16.0 Å². The number of hydrogen-bond donors (Lipinski definition) is 3. The Hall–Kier alpha value is -0.840. The zero-order chi connectivity index (χ0) is 10.6. The van der Waals surface area contributed by atoms with Crippen LogP contribution in [0.4, 0.5) is 0 Å². The quantitative estimate of drug-likeness (QED) is 0.574. The van der Waals surface area contributed by atoms with Crippen molar-refractivity contribution in [1.29, 1.82) is 0 Å². The highest BCUT2D eigenvalue weighted by atomic mass is 32.1. The van der Waals surface area contributed by atoms with Gasteiger partial charge in [0.2, 0.25) is 5.91 Å². The van der Waals surface area contributed by atoms with Gasteiger partial charge in [0.15, 0.2) is 5.11 Å². The predicted molar refractivity (Wildman–Crippen MR) is 60.0 cm³/mol. The fourth-order valence-electron chi connectivity index (χ4n) is 1.37. The van der Waals surface area contributed by atoms with Crippen molar-refractivity contribution in [3.05, 3.63) is 0 Å². The Kier molecular flexibility index (Phi) is 4.13. The molecule has 0 saturated carbocycles. The summed E-state index contributed by atoms with van der Waals surface area (Å²) < 4.78 is 0. The van der Waals surface area contributed by atoms with Gasteiger partial charge in [-0.3, -0.25) is 4.79 Å². The topological polar surface area (TPSA) is 53.2 Å². The third kappa shape index (κ3) is 3.49. The minimum Gasteiger partial charge on any atom is -0.361 e. The van der Waals surface area contributed by atoms with E-state index in [4.69, 9.17) is 12.2 Å². The summed E-state index contributed by atoms with van der Waals surface area (Å²) in [6, 6.07) is 0.129. The minimum absolute atomic E-state index is 0.0455. The monoisotopic (exact) mass is 215 g/mol. The van der Waals surface area contributed by atoms with Gasteiger partial charge in [0.05, 0.1) is 0 Å². The number of thiocarbonyl (C=S) groups is 1. The van der Waals surface area contributed by atoms with Crippen LogP contribution in [0.1, 0.15) is 26.7 Å². The van der Waals surface area contributed by atoms with Gasteiger partial charge in [-0.2, -0.15) is 0 Å². The molecule has 1 saturated heterocycles. The van der Waals surface area contributed by atoms with E-state index in [1.165, 1.54) is 0 Å². The molecule has 5 heteroatoms. The van der Waals surface area contributed by atoms with E-state index in [1.807, 2.05) is 13.8 Å². The van der Waals surface area contributed by atoms with E-state index in [1.54, 1.807) is 0 Å². The molecule has 0 bridgehead atoms. The van der Waals surface area contributed by atoms with Crippen molar-refractivity contribution < 1.29 is 4.79 Å². The summed E-state index contributed by atoms with van der Waals surface area (Å²) in [6.07, 6.45) is 1.86. The van der Waals surface area contributed by atoms with Crippen molar-refractivity contribution in [1.82, 2.24) is 16.0 Å². The molecule has 0 aliphatic carbocycles. The molecule has 4 nitrogen and oxygen atoms in total. The van der Waals surface area contributed by atoms with Crippen molar-refractivity contribution in [2.24, 2.45) is 0 Å². The maximum atomic E-state index is 11.4. The second-order valence-corrected chi connectivity index (χ2v) is 4.17. The van der Waals surface area contributed by atoms with Crippen LogP contribution in [-0.2, 0) is 4.79 Å². The van der Waals surface area contributed by atoms with E-state index < -0.39 is 0 Å². The SMILES string of the molecule is CC(C)NC(=S)NC1CCCNC1=O. The minimum atomic E-state index is -0.164. The van der Waals surface area contributed by atoms with Gasteiger partial charge in [0.25, 0.3) is 0 Å². The summed E-state index contributed by atoms with van der Waals surface area (Å²) in [5, 5.41) is 9.42. The summed E-state index contributed by atoms with van der Waals surface area (Å²) in [4.78, 5) is 11.4. The Labute approximate surface area is 89.8 Å². The van der Waals surface area contributed by atoms with Crippen molar-refractivity contribution >= 4 is 23.2 Å². The van der Waals surface area contributed by atoms with Gasteiger partial charge in [-0.05, 0) is 38.9 Å². The molecule has 80 valence electrons.